The molecule has 4 heteroatoms. The Kier molecular flexibility index (Phi) is 4950. The number of hydrogen-bond acceptors (Lipinski definition) is 3. The van der Waals surface area contributed by atoms with Crippen molar-refractivity contribution in [3.05, 3.63) is 0 Å². The van der Waals surface area contributed by atoms with Crippen molar-refractivity contribution >= 4 is 20.4 Å². The minimum absolute atomic E-state index is 0. The maximum atomic E-state index is 7.75. The minimum atomic E-state index is 0. The first-order valence-corrected chi connectivity index (χ1v) is 0.707. The predicted octanol–water partition coefficient (Wildman–Crippen LogP) is -0.825. The van der Waals surface area contributed by atoms with Gasteiger partial charge in [-0.15, -0.1) is 0 Å². The quantitative estimate of drug-likeness (QED) is 0.428. The fourth-order valence-corrected chi connectivity index (χ4v) is 0. The van der Waals surface area contributed by atoms with Gasteiger partial charge < -0.3 is 14.4 Å². The second-order valence-corrected chi connectivity index (χ2v) is 0. The molecular weight excluding hydrogens is 270 g/mol. The molecule has 3 nitrogen and oxygen atoms in total. The van der Waals surface area contributed by atoms with Gasteiger partial charge in [0, 0.05) is 20.4 Å². The molecule has 0 aliphatic heterocycles. The summed E-state index contributed by atoms with van der Waals surface area (Å²) in [6, 6.07) is 0. The van der Waals surface area contributed by atoms with E-state index in [9.17, 15) is 0 Å². The van der Waals surface area contributed by atoms with Crippen LogP contribution in [0.4, 0.5) is 0 Å². The van der Waals surface area contributed by atoms with Crippen molar-refractivity contribution in [3.63, 3.8) is 0 Å². The first kappa shape index (κ1) is 30.1. The fourth-order valence-electron chi connectivity index (χ4n) is 0. The van der Waals surface area contributed by atoms with Gasteiger partial charge in [-0.05, 0) is 0 Å². The summed E-state index contributed by atoms with van der Waals surface area (Å²) in [5.41, 5.74) is 0. The van der Waals surface area contributed by atoms with E-state index in [0.717, 1.165) is 0 Å². The van der Waals surface area contributed by atoms with Crippen LogP contribution >= 0.6 is 0 Å². The SMILES string of the molecule is [CH-]=O.[CH-]=O.[CH-]=O.[Re]. The van der Waals surface area contributed by atoms with Crippen molar-refractivity contribution in [2.24, 2.45) is 0 Å². The van der Waals surface area contributed by atoms with Gasteiger partial charge >= 0.3 is 0 Å². The van der Waals surface area contributed by atoms with Crippen LogP contribution in [0.25, 0.3) is 0 Å². The molecule has 0 heterocycles. The van der Waals surface area contributed by atoms with Gasteiger partial charge in [-0.1, -0.05) is 0 Å². The standard InChI is InChI=1S/3CHO.Re/c3*1-2;/h3*1H;/q3*-1;. The molecule has 0 saturated carbocycles. The summed E-state index contributed by atoms with van der Waals surface area (Å²) >= 11 is 0. The van der Waals surface area contributed by atoms with Gasteiger partial charge in [0.25, 0.3) is 0 Å². The molecule has 0 atom stereocenters. The summed E-state index contributed by atoms with van der Waals surface area (Å²) in [6.45, 7) is 9.75. The molecule has 1 radical (unpaired) electrons. The molecule has 0 fully saturated rings. The first-order valence-electron chi connectivity index (χ1n) is 0.707. The topological polar surface area (TPSA) is 51.2 Å². The summed E-state index contributed by atoms with van der Waals surface area (Å²) in [4.78, 5) is 23.2. The average Bonchev–Trinajstić information content (AvgIpc) is 1.81. The van der Waals surface area contributed by atoms with Crippen LogP contribution in [0.15, 0.2) is 0 Å². The van der Waals surface area contributed by atoms with E-state index < -0.39 is 0 Å². The van der Waals surface area contributed by atoms with Gasteiger partial charge in [-0.3, -0.25) is 20.4 Å². The maximum Gasteiger partial charge on any atom is 0 e. The van der Waals surface area contributed by atoms with Crippen LogP contribution in [-0.2, 0) is 34.8 Å². The van der Waals surface area contributed by atoms with Gasteiger partial charge in [0.15, 0.2) is 0 Å². The van der Waals surface area contributed by atoms with Crippen LogP contribution in [0.2, 0.25) is 0 Å². The molecule has 0 saturated heterocycles. The Morgan fingerprint density at radius 2 is 0.571 bits per heavy atom. The molecule has 7 heavy (non-hydrogen) atoms. The largest absolute Gasteiger partial charge is 0.545 e. The van der Waals surface area contributed by atoms with Crippen molar-refractivity contribution in [2.45, 2.75) is 0 Å². The van der Waals surface area contributed by atoms with E-state index in [1.807, 2.05) is 0 Å². The monoisotopic (exact) mass is 274 g/mol. The molecule has 0 rings (SSSR count). The second kappa shape index (κ2) is 1150. The number of hydrogen-bond donors (Lipinski definition) is 0. The second-order valence-electron chi connectivity index (χ2n) is 0. The molecule has 0 bridgehead atoms. The molecule has 0 unspecified atom stereocenters. The van der Waals surface area contributed by atoms with Gasteiger partial charge in [-0.25, -0.2) is 0 Å². The molecule has 0 spiro atoms. The summed E-state index contributed by atoms with van der Waals surface area (Å²) in [5.74, 6) is 0. The van der Waals surface area contributed by atoms with Crippen molar-refractivity contribution in [2.75, 3.05) is 0 Å². The van der Waals surface area contributed by atoms with Gasteiger partial charge in [0.2, 0.25) is 0 Å². The predicted molar refractivity (Wildman–Crippen MR) is 20.3 cm³/mol. The van der Waals surface area contributed by atoms with Crippen molar-refractivity contribution < 1.29 is 34.8 Å². The van der Waals surface area contributed by atoms with Crippen LogP contribution in [0.5, 0.6) is 0 Å². The minimum Gasteiger partial charge on any atom is -0.545 e. The van der Waals surface area contributed by atoms with Crippen LogP contribution < -0.4 is 0 Å². The molecule has 0 N–H and O–H groups in total. The molecule has 0 aliphatic carbocycles. The Hall–Kier alpha value is -0.328. The van der Waals surface area contributed by atoms with Crippen molar-refractivity contribution in [3.8, 4) is 0 Å². The van der Waals surface area contributed by atoms with E-state index in [2.05, 4.69) is 20.4 Å². The van der Waals surface area contributed by atoms with Gasteiger partial charge in [0.05, 0.1) is 0 Å². The Morgan fingerprint density at radius 3 is 0.571 bits per heavy atom. The Labute approximate surface area is 55.7 Å². The third-order valence-electron chi connectivity index (χ3n) is 0. The Morgan fingerprint density at radius 1 is 0.571 bits per heavy atom. The van der Waals surface area contributed by atoms with Crippen LogP contribution in [0.1, 0.15) is 0 Å². The third kappa shape index (κ3) is 713. The van der Waals surface area contributed by atoms with E-state index in [0.29, 0.717) is 0 Å². The van der Waals surface area contributed by atoms with Crippen LogP contribution in [-0.4, -0.2) is 20.4 Å². The van der Waals surface area contributed by atoms with E-state index >= 15 is 0 Å². The van der Waals surface area contributed by atoms with E-state index in [4.69, 9.17) is 14.4 Å². The van der Waals surface area contributed by atoms with Crippen molar-refractivity contribution in [1.82, 2.24) is 0 Å². The normalized spacial score (nSPS) is 1.71. The zero-order valence-corrected chi connectivity index (χ0v) is 6.05. The summed E-state index contributed by atoms with van der Waals surface area (Å²) in [7, 11) is 0. The van der Waals surface area contributed by atoms with E-state index in [-0.39, 0.29) is 20.4 Å². The fraction of sp³-hybridized carbons (Fsp3) is 0. The zero-order chi connectivity index (χ0) is 6.00. The number of rotatable bonds is 0. The molecule has 0 amide bonds. The van der Waals surface area contributed by atoms with Crippen LogP contribution in [0, 0.1) is 0 Å². The molecule has 0 aromatic heterocycles. The average molecular weight is 273 g/mol. The smallest absolute Gasteiger partial charge is 0 e. The maximum absolute atomic E-state index is 7.75. The summed E-state index contributed by atoms with van der Waals surface area (Å²) in [5, 5.41) is 0. The third-order valence-corrected chi connectivity index (χ3v) is 0. The first-order chi connectivity index (χ1) is 3.00. The molecule has 0 aliphatic rings. The molecule has 0 aromatic carbocycles. The molecule has 0 aromatic rings. The Bertz CT molecular complexity index is 14.9. The van der Waals surface area contributed by atoms with Crippen LogP contribution in [0.3, 0.4) is 0 Å². The summed E-state index contributed by atoms with van der Waals surface area (Å²) < 4.78 is 0. The van der Waals surface area contributed by atoms with Gasteiger partial charge in [-0.2, -0.15) is 0 Å². The Balaban J connectivity index is -0.00000000900. The molecular formula is C3H3O3Re-3. The van der Waals surface area contributed by atoms with E-state index in [1.54, 1.807) is 0 Å². The van der Waals surface area contributed by atoms with Gasteiger partial charge in [0.1, 0.15) is 0 Å². The number of carbonyl (C=O) groups excluding carboxylic acids is 3. The van der Waals surface area contributed by atoms with E-state index in [1.165, 1.54) is 0 Å². The van der Waals surface area contributed by atoms with Crippen molar-refractivity contribution in [1.29, 1.82) is 0 Å². The zero-order valence-electron chi connectivity index (χ0n) is 3.33. The molecule has 43 valence electrons. The summed E-state index contributed by atoms with van der Waals surface area (Å²) in [6.07, 6.45) is 0.